The number of aryl methyl sites for hydroxylation is 1. The van der Waals surface area contributed by atoms with Crippen molar-refractivity contribution < 1.29 is 17.9 Å². The molecular weight excluding hydrogens is 340 g/mol. The Hall–Kier alpha value is -1.76. The minimum atomic E-state index is -3.61. The van der Waals surface area contributed by atoms with Gasteiger partial charge in [-0.25, -0.2) is 8.42 Å². The van der Waals surface area contributed by atoms with Gasteiger partial charge in [0.05, 0.1) is 19.1 Å². The lowest BCUT2D eigenvalue weighted by Gasteiger charge is -2.27. The molecule has 0 spiro atoms. The number of methoxy groups -OCH3 is 1. The van der Waals surface area contributed by atoms with Gasteiger partial charge >= 0.3 is 0 Å². The van der Waals surface area contributed by atoms with Gasteiger partial charge in [-0.05, 0) is 55.7 Å². The van der Waals surface area contributed by atoms with Crippen molar-refractivity contribution in [2.75, 3.05) is 24.2 Å². The van der Waals surface area contributed by atoms with Crippen molar-refractivity contribution in [1.82, 2.24) is 5.32 Å². The van der Waals surface area contributed by atoms with Crippen molar-refractivity contribution in [3.8, 4) is 5.75 Å². The van der Waals surface area contributed by atoms with Gasteiger partial charge < -0.3 is 10.1 Å². The minimum absolute atomic E-state index is 0.187. The van der Waals surface area contributed by atoms with E-state index in [1.807, 2.05) is 13.0 Å². The number of amides is 1. The normalized spacial score (nSPS) is 25.0. The van der Waals surface area contributed by atoms with Crippen LogP contribution in [0.2, 0.25) is 0 Å². The summed E-state index contributed by atoms with van der Waals surface area (Å²) in [4.78, 5) is 12.5. The van der Waals surface area contributed by atoms with E-state index in [-0.39, 0.29) is 18.5 Å². The van der Waals surface area contributed by atoms with Crippen LogP contribution in [0.3, 0.4) is 0 Å². The summed E-state index contributed by atoms with van der Waals surface area (Å²) in [5.74, 6) is 1.45. The van der Waals surface area contributed by atoms with Gasteiger partial charge in [-0.15, -0.1) is 0 Å². The number of fused-ring (bicyclic) bond motifs is 2. The molecule has 0 saturated heterocycles. The van der Waals surface area contributed by atoms with E-state index >= 15 is 0 Å². The molecule has 2 saturated carbocycles. The van der Waals surface area contributed by atoms with Gasteiger partial charge in [-0.2, -0.15) is 0 Å². The molecule has 1 aromatic carbocycles. The Morgan fingerprint density at radius 1 is 1.32 bits per heavy atom. The zero-order chi connectivity index (χ0) is 18.2. The number of carbonyl (C=O) groups is 1. The van der Waals surface area contributed by atoms with Crippen molar-refractivity contribution in [3.05, 3.63) is 23.8 Å². The fraction of sp³-hybridized carbons (Fsp3) is 0.611. The second-order valence-electron chi connectivity index (χ2n) is 7.29. The molecule has 1 aromatic rings. The molecule has 2 fully saturated rings. The van der Waals surface area contributed by atoms with Crippen LogP contribution in [0.15, 0.2) is 18.2 Å². The van der Waals surface area contributed by atoms with Crippen LogP contribution in [0.25, 0.3) is 0 Å². The topological polar surface area (TPSA) is 75.7 Å². The smallest absolute Gasteiger partial charge is 0.241 e. The van der Waals surface area contributed by atoms with Gasteiger partial charge in [0.1, 0.15) is 12.3 Å². The first-order chi connectivity index (χ1) is 11.8. The van der Waals surface area contributed by atoms with Gasteiger partial charge in [-0.1, -0.05) is 12.5 Å². The zero-order valence-corrected chi connectivity index (χ0v) is 15.8. The highest BCUT2D eigenvalue weighted by Crippen LogP contribution is 2.44. The van der Waals surface area contributed by atoms with E-state index in [2.05, 4.69) is 5.32 Å². The largest absolute Gasteiger partial charge is 0.495 e. The molecule has 2 aliphatic carbocycles. The first kappa shape index (κ1) is 18.0. The molecule has 3 rings (SSSR count). The second kappa shape index (κ2) is 6.86. The summed E-state index contributed by atoms with van der Waals surface area (Å²) in [7, 11) is -2.12. The summed E-state index contributed by atoms with van der Waals surface area (Å²) in [6.07, 6.45) is 5.74. The summed E-state index contributed by atoms with van der Waals surface area (Å²) in [5, 5.41) is 3.05. The maximum Gasteiger partial charge on any atom is 0.241 e. The zero-order valence-electron chi connectivity index (χ0n) is 15.0. The Balaban J connectivity index is 1.78. The van der Waals surface area contributed by atoms with Gasteiger partial charge in [0.2, 0.25) is 15.9 Å². The van der Waals surface area contributed by atoms with Crippen LogP contribution in [0.1, 0.15) is 31.2 Å². The highest BCUT2D eigenvalue weighted by molar-refractivity contribution is 7.92. The fourth-order valence-corrected chi connectivity index (χ4v) is 5.03. The van der Waals surface area contributed by atoms with Gasteiger partial charge in [0.25, 0.3) is 0 Å². The summed E-state index contributed by atoms with van der Waals surface area (Å²) in [6, 6.07) is 5.48. The van der Waals surface area contributed by atoms with E-state index in [9.17, 15) is 13.2 Å². The highest BCUT2D eigenvalue weighted by atomic mass is 32.2. The molecule has 0 aromatic heterocycles. The average Bonchev–Trinajstić information content (AvgIpc) is 3.14. The second-order valence-corrected chi connectivity index (χ2v) is 9.20. The third kappa shape index (κ3) is 3.92. The van der Waals surface area contributed by atoms with Crippen molar-refractivity contribution >= 4 is 21.6 Å². The number of hydrogen-bond acceptors (Lipinski definition) is 4. The number of rotatable bonds is 6. The van der Waals surface area contributed by atoms with E-state index in [0.717, 1.165) is 34.9 Å². The Morgan fingerprint density at radius 3 is 2.64 bits per heavy atom. The van der Waals surface area contributed by atoms with E-state index < -0.39 is 10.0 Å². The lowest BCUT2D eigenvalue weighted by atomic mass is 9.95. The number of ether oxygens (including phenoxy) is 1. The third-order valence-electron chi connectivity index (χ3n) is 5.38. The standard InChI is InChI=1S/C18H26N2O4S/c1-12-4-7-17(24-2)16(8-12)20(25(3,22)23)11-18(21)19-15-10-13-5-6-14(15)9-13/h4,7-8,13-15H,5-6,9-11H2,1-3H3,(H,19,21)/t13-,14+,15-/m1/s1. The third-order valence-corrected chi connectivity index (χ3v) is 6.50. The molecule has 1 amide bonds. The molecule has 2 aliphatic rings. The Bertz CT molecular complexity index is 762. The molecule has 1 N–H and O–H groups in total. The van der Waals surface area contributed by atoms with Gasteiger partial charge in [0.15, 0.2) is 0 Å². The first-order valence-electron chi connectivity index (χ1n) is 8.69. The molecule has 0 heterocycles. The molecule has 7 heteroatoms. The SMILES string of the molecule is COc1ccc(C)cc1N(CC(=O)N[C@@H]1C[C@@H]2CC[C@H]1C2)S(C)(=O)=O. The quantitative estimate of drug-likeness (QED) is 0.836. The Labute approximate surface area is 149 Å². The van der Waals surface area contributed by atoms with Crippen LogP contribution in [-0.4, -0.2) is 40.3 Å². The van der Waals surface area contributed by atoms with E-state index in [4.69, 9.17) is 4.74 Å². The first-order valence-corrected chi connectivity index (χ1v) is 10.5. The van der Waals surface area contributed by atoms with Crippen molar-refractivity contribution in [2.45, 2.75) is 38.6 Å². The molecule has 3 atom stereocenters. The van der Waals surface area contributed by atoms with Crippen LogP contribution in [0, 0.1) is 18.8 Å². The number of carbonyl (C=O) groups excluding carboxylic acids is 1. The Kier molecular flexibility index (Phi) is 4.95. The number of nitrogens with one attached hydrogen (secondary N) is 1. The molecule has 0 aliphatic heterocycles. The molecule has 6 nitrogen and oxygen atoms in total. The summed E-state index contributed by atoms with van der Waals surface area (Å²) >= 11 is 0. The van der Waals surface area contributed by atoms with E-state index in [1.54, 1.807) is 12.1 Å². The number of sulfonamides is 1. The predicted octanol–water partition coefficient (Wildman–Crippen LogP) is 2.07. The molecule has 2 bridgehead atoms. The molecule has 0 unspecified atom stereocenters. The average molecular weight is 366 g/mol. The van der Waals surface area contributed by atoms with Crippen molar-refractivity contribution in [3.63, 3.8) is 0 Å². The summed E-state index contributed by atoms with van der Waals surface area (Å²) < 4.78 is 31.0. The Morgan fingerprint density at radius 2 is 2.08 bits per heavy atom. The number of anilines is 1. The van der Waals surface area contributed by atoms with Crippen LogP contribution < -0.4 is 14.4 Å². The fourth-order valence-electron chi connectivity index (χ4n) is 4.18. The maximum atomic E-state index is 12.5. The molecule has 0 radical (unpaired) electrons. The molecule has 138 valence electrons. The van der Waals surface area contributed by atoms with Gasteiger partial charge in [0, 0.05) is 6.04 Å². The van der Waals surface area contributed by atoms with Crippen LogP contribution in [0.5, 0.6) is 5.75 Å². The van der Waals surface area contributed by atoms with Crippen molar-refractivity contribution in [1.29, 1.82) is 0 Å². The summed E-state index contributed by atoms with van der Waals surface area (Å²) in [6.45, 7) is 1.64. The van der Waals surface area contributed by atoms with Crippen LogP contribution >= 0.6 is 0 Å². The lowest BCUT2D eigenvalue weighted by Crippen LogP contribution is -2.45. The summed E-state index contributed by atoms with van der Waals surface area (Å²) in [5.41, 5.74) is 1.30. The molecular formula is C18H26N2O4S. The number of nitrogens with zero attached hydrogens (tertiary/aromatic N) is 1. The highest BCUT2D eigenvalue weighted by Gasteiger charge is 2.40. The minimum Gasteiger partial charge on any atom is -0.495 e. The number of hydrogen-bond donors (Lipinski definition) is 1. The lowest BCUT2D eigenvalue weighted by molar-refractivity contribution is -0.120. The van der Waals surface area contributed by atoms with E-state index in [1.165, 1.54) is 20.0 Å². The van der Waals surface area contributed by atoms with Gasteiger partial charge in [-0.3, -0.25) is 9.10 Å². The van der Waals surface area contributed by atoms with Crippen LogP contribution in [0.4, 0.5) is 5.69 Å². The van der Waals surface area contributed by atoms with Crippen molar-refractivity contribution in [2.24, 2.45) is 11.8 Å². The molecule has 25 heavy (non-hydrogen) atoms. The van der Waals surface area contributed by atoms with E-state index in [0.29, 0.717) is 17.4 Å². The predicted molar refractivity (Wildman–Crippen MR) is 97.3 cm³/mol. The van der Waals surface area contributed by atoms with Crippen LogP contribution in [-0.2, 0) is 14.8 Å². The number of benzene rings is 1. The maximum absolute atomic E-state index is 12.5. The monoisotopic (exact) mass is 366 g/mol.